The largest absolute Gasteiger partial charge is 0.453 e. The Bertz CT molecular complexity index is 1330. The molecular weight excluding hydrogens is 440 g/mol. The molecule has 176 valence electrons. The molecular formula is C24H24N4O6. The number of cyclic esters (lactones) is 1. The van der Waals surface area contributed by atoms with Crippen LogP contribution in [0.15, 0.2) is 64.2 Å². The van der Waals surface area contributed by atoms with Crippen LogP contribution in [-0.4, -0.2) is 35.1 Å². The molecule has 0 aliphatic carbocycles. The number of aromatic nitrogens is 2. The molecule has 2 heterocycles. The number of nitrogens with zero attached hydrogens (tertiary/aromatic N) is 2. The number of aromatic amines is 1. The van der Waals surface area contributed by atoms with Crippen molar-refractivity contribution in [2.75, 3.05) is 24.4 Å². The Kier molecular flexibility index (Phi) is 6.60. The van der Waals surface area contributed by atoms with Crippen molar-refractivity contribution >= 4 is 23.4 Å². The highest BCUT2D eigenvalue weighted by Gasteiger charge is 2.34. The van der Waals surface area contributed by atoms with E-state index in [-0.39, 0.29) is 37.6 Å². The number of benzene rings is 2. The monoisotopic (exact) mass is 464 g/mol. The third-order valence-electron chi connectivity index (χ3n) is 5.62. The molecule has 1 aliphatic heterocycles. The number of hydrogen-bond donors (Lipinski definition) is 2. The molecule has 0 fully saturated rings. The van der Waals surface area contributed by atoms with Gasteiger partial charge in [0.15, 0.2) is 5.69 Å². The highest BCUT2D eigenvalue weighted by atomic mass is 16.5. The summed E-state index contributed by atoms with van der Waals surface area (Å²) in [6.07, 6.45) is -1.000. The molecule has 0 bridgehead atoms. The Morgan fingerprint density at radius 2 is 1.82 bits per heavy atom. The number of methoxy groups -OCH3 is 1. The Morgan fingerprint density at radius 3 is 2.56 bits per heavy atom. The number of carbonyl (C=O) groups is 2. The van der Waals surface area contributed by atoms with Gasteiger partial charge in [0.1, 0.15) is 11.9 Å². The van der Waals surface area contributed by atoms with Gasteiger partial charge in [0.2, 0.25) is 5.91 Å². The molecule has 0 spiro atoms. The van der Waals surface area contributed by atoms with E-state index in [4.69, 9.17) is 15.2 Å². The molecule has 1 amide bonds. The summed E-state index contributed by atoms with van der Waals surface area (Å²) >= 11 is 0. The normalized spacial score (nSPS) is 14.5. The first-order valence-electron chi connectivity index (χ1n) is 10.7. The molecule has 3 N–H and O–H groups in total. The summed E-state index contributed by atoms with van der Waals surface area (Å²) in [4.78, 5) is 54.4. The topological polar surface area (TPSA) is 137 Å². The van der Waals surface area contributed by atoms with E-state index in [1.807, 2.05) is 6.07 Å². The number of rotatable bonds is 8. The second kappa shape index (κ2) is 9.75. The van der Waals surface area contributed by atoms with E-state index in [2.05, 4.69) is 4.98 Å². The van der Waals surface area contributed by atoms with Gasteiger partial charge in [-0.25, -0.2) is 9.59 Å². The molecule has 10 heteroatoms. The Labute approximate surface area is 194 Å². The van der Waals surface area contributed by atoms with Gasteiger partial charge in [0.05, 0.1) is 31.7 Å². The van der Waals surface area contributed by atoms with Gasteiger partial charge < -0.3 is 15.2 Å². The third kappa shape index (κ3) is 4.48. The third-order valence-corrected chi connectivity index (χ3v) is 5.62. The van der Waals surface area contributed by atoms with Gasteiger partial charge in [0, 0.05) is 12.7 Å². The second-order valence-electron chi connectivity index (χ2n) is 7.79. The highest BCUT2D eigenvalue weighted by Crippen LogP contribution is 2.34. The first-order valence-corrected chi connectivity index (χ1v) is 10.7. The van der Waals surface area contributed by atoms with E-state index in [9.17, 15) is 19.2 Å². The van der Waals surface area contributed by atoms with Gasteiger partial charge in [-0.15, -0.1) is 0 Å². The van der Waals surface area contributed by atoms with Gasteiger partial charge in [-0.1, -0.05) is 48.5 Å². The number of esters is 1. The highest BCUT2D eigenvalue weighted by molar-refractivity contribution is 5.98. The number of fused-ring (bicyclic) bond motifs is 1. The average molecular weight is 464 g/mol. The molecule has 0 saturated carbocycles. The first kappa shape index (κ1) is 23.0. The van der Waals surface area contributed by atoms with Gasteiger partial charge in [-0.05, 0) is 11.6 Å². The average Bonchev–Trinajstić information content (AvgIpc) is 3.14. The van der Waals surface area contributed by atoms with E-state index < -0.39 is 29.2 Å². The van der Waals surface area contributed by atoms with Gasteiger partial charge in [-0.3, -0.25) is 24.0 Å². The van der Waals surface area contributed by atoms with Crippen LogP contribution in [-0.2, 0) is 27.4 Å². The maximum Gasteiger partial charge on any atom is 0.339 e. The maximum atomic E-state index is 13.5. The summed E-state index contributed by atoms with van der Waals surface area (Å²) in [5.74, 6) is -1.15. The maximum absolute atomic E-state index is 13.5. The van der Waals surface area contributed by atoms with Crippen molar-refractivity contribution in [3.05, 3.63) is 92.1 Å². The van der Waals surface area contributed by atoms with Crippen molar-refractivity contribution in [2.24, 2.45) is 0 Å². The lowest BCUT2D eigenvalue weighted by Gasteiger charge is -2.25. The summed E-state index contributed by atoms with van der Waals surface area (Å²) < 4.78 is 11.6. The number of amides is 1. The molecule has 1 unspecified atom stereocenters. The summed E-state index contributed by atoms with van der Waals surface area (Å²) in [6.45, 7) is 0.292. The fourth-order valence-electron chi connectivity index (χ4n) is 3.94. The lowest BCUT2D eigenvalue weighted by Crippen LogP contribution is -2.41. The standard InChI is InChI=1S/C24H24N4O6/c1-33-12-11-27-21(25)20(22(30)26-24(27)32)28(14-15-7-3-2-4-8-15)19(29)13-18-16-9-5-6-10-17(16)23(31)34-18/h2-10,18H,11-14,25H2,1H3,(H,26,30,32). The molecule has 1 aliphatic rings. The van der Waals surface area contributed by atoms with Crippen LogP contribution in [0.5, 0.6) is 0 Å². The minimum Gasteiger partial charge on any atom is -0.453 e. The van der Waals surface area contributed by atoms with Gasteiger partial charge >= 0.3 is 11.7 Å². The fourth-order valence-corrected chi connectivity index (χ4v) is 3.94. The first-order chi connectivity index (χ1) is 16.4. The van der Waals surface area contributed by atoms with Gasteiger partial charge in [-0.2, -0.15) is 0 Å². The molecule has 0 radical (unpaired) electrons. The number of nitrogen functional groups attached to an aromatic ring is 1. The minimum absolute atomic E-state index is 0.0255. The molecule has 4 rings (SSSR count). The zero-order chi connectivity index (χ0) is 24.2. The number of hydrogen-bond acceptors (Lipinski definition) is 7. The predicted molar refractivity (Wildman–Crippen MR) is 124 cm³/mol. The van der Waals surface area contributed by atoms with Crippen molar-refractivity contribution in [3.63, 3.8) is 0 Å². The number of H-pyrrole nitrogens is 1. The van der Waals surface area contributed by atoms with E-state index in [1.54, 1.807) is 48.5 Å². The van der Waals surface area contributed by atoms with Crippen molar-refractivity contribution in [3.8, 4) is 0 Å². The Balaban J connectivity index is 1.74. The van der Waals surface area contributed by atoms with Crippen molar-refractivity contribution in [1.29, 1.82) is 0 Å². The van der Waals surface area contributed by atoms with Crippen LogP contribution in [0.4, 0.5) is 11.5 Å². The van der Waals surface area contributed by atoms with E-state index in [0.717, 1.165) is 10.1 Å². The van der Waals surface area contributed by atoms with Crippen molar-refractivity contribution < 1.29 is 19.1 Å². The lowest BCUT2D eigenvalue weighted by molar-refractivity contribution is -0.120. The fraction of sp³-hybridized carbons (Fsp3) is 0.250. The summed E-state index contributed by atoms with van der Waals surface area (Å²) in [6, 6.07) is 15.9. The van der Waals surface area contributed by atoms with Crippen LogP contribution >= 0.6 is 0 Å². The minimum atomic E-state index is -0.797. The molecule has 3 aromatic rings. The summed E-state index contributed by atoms with van der Waals surface area (Å²) in [7, 11) is 1.47. The molecule has 2 aromatic carbocycles. The quantitative estimate of drug-likeness (QED) is 0.483. The number of ether oxygens (including phenoxy) is 2. The summed E-state index contributed by atoms with van der Waals surface area (Å²) in [5, 5.41) is 0. The van der Waals surface area contributed by atoms with Crippen LogP contribution in [0, 0.1) is 0 Å². The van der Waals surface area contributed by atoms with Crippen LogP contribution in [0.2, 0.25) is 0 Å². The van der Waals surface area contributed by atoms with Crippen molar-refractivity contribution in [2.45, 2.75) is 25.6 Å². The van der Waals surface area contributed by atoms with E-state index in [0.29, 0.717) is 11.1 Å². The predicted octanol–water partition coefficient (Wildman–Crippen LogP) is 1.60. The summed E-state index contributed by atoms with van der Waals surface area (Å²) in [5.41, 5.74) is 6.35. The second-order valence-corrected chi connectivity index (χ2v) is 7.79. The number of nitrogens with two attached hydrogens (primary N) is 1. The van der Waals surface area contributed by atoms with Crippen LogP contribution < -0.4 is 21.9 Å². The molecule has 10 nitrogen and oxygen atoms in total. The zero-order valence-corrected chi connectivity index (χ0v) is 18.5. The zero-order valence-electron chi connectivity index (χ0n) is 18.5. The van der Waals surface area contributed by atoms with Crippen molar-refractivity contribution in [1.82, 2.24) is 9.55 Å². The molecule has 34 heavy (non-hydrogen) atoms. The van der Waals surface area contributed by atoms with Crippen LogP contribution in [0.3, 0.4) is 0 Å². The van der Waals surface area contributed by atoms with E-state index >= 15 is 0 Å². The van der Waals surface area contributed by atoms with Gasteiger partial charge in [0.25, 0.3) is 5.56 Å². The molecule has 1 atom stereocenters. The van der Waals surface area contributed by atoms with E-state index in [1.165, 1.54) is 12.0 Å². The number of carbonyl (C=O) groups excluding carboxylic acids is 2. The van der Waals surface area contributed by atoms with Crippen LogP contribution in [0.1, 0.15) is 34.0 Å². The Hall–Kier alpha value is -4.18. The molecule has 1 aromatic heterocycles. The van der Waals surface area contributed by atoms with Crippen LogP contribution in [0.25, 0.3) is 0 Å². The molecule has 0 saturated heterocycles. The smallest absolute Gasteiger partial charge is 0.339 e. The number of nitrogens with one attached hydrogen (secondary N) is 1. The Morgan fingerprint density at radius 1 is 1.12 bits per heavy atom. The lowest BCUT2D eigenvalue weighted by atomic mass is 10.0. The SMILES string of the molecule is COCCn1c(N)c(N(Cc2ccccc2)C(=O)CC2OC(=O)c3ccccc32)c(=O)[nH]c1=O. The number of anilines is 2.